The highest BCUT2D eigenvalue weighted by molar-refractivity contribution is 5.57. The van der Waals surface area contributed by atoms with Gasteiger partial charge in [-0.2, -0.15) is 0 Å². The van der Waals surface area contributed by atoms with Crippen LogP contribution in [0.25, 0.3) is 0 Å². The van der Waals surface area contributed by atoms with Crippen molar-refractivity contribution in [2.75, 3.05) is 17.7 Å². The summed E-state index contributed by atoms with van der Waals surface area (Å²) < 4.78 is 0. The average Bonchev–Trinajstić information content (AvgIpc) is 2.36. The van der Waals surface area contributed by atoms with Gasteiger partial charge in [0.05, 0.1) is 0 Å². The Labute approximate surface area is 117 Å². The van der Waals surface area contributed by atoms with E-state index in [0.717, 1.165) is 29.4 Å². The summed E-state index contributed by atoms with van der Waals surface area (Å²) in [6, 6.07) is 0.443. The van der Waals surface area contributed by atoms with Gasteiger partial charge in [0.1, 0.15) is 17.5 Å². The Kier molecular flexibility index (Phi) is 5.58. The van der Waals surface area contributed by atoms with Crippen molar-refractivity contribution in [2.24, 2.45) is 5.92 Å². The smallest absolute Gasteiger partial charge is 0.135 e. The third kappa shape index (κ3) is 3.82. The van der Waals surface area contributed by atoms with E-state index in [-0.39, 0.29) is 0 Å². The fourth-order valence-electron chi connectivity index (χ4n) is 2.09. The molecular formula is C15H28N4. The second kappa shape index (κ2) is 6.73. The largest absolute Gasteiger partial charge is 0.373 e. The van der Waals surface area contributed by atoms with Crippen LogP contribution in [0.3, 0.4) is 0 Å². The van der Waals surface area contributed by atoms with Gasteiger partial charge in [0.25, 0.3) is 0 Å². The first-order chi connectivity index (χ1) is 8.90. The van der Waals surface area contributed by atoms with Crippen LogP contribution in [-0.2, 0) is 0 Å². The minimum atomic E-state index is 0.326. The van der Waals surface area contributed by atoms with E-state index in [1.165, 1.54) is 0 Å². The molecule has 0 bridgehead atoms. The molecule has 4 heteroatoms. The average molecular weight is 264 g/mol. The summed E-state index contributed by atoms with van der Waals surface area (Å²) in [5.41, 5.74) is 1.09. The zero-order chi connectivity index (χ0) is 14.6. The molecule has 1 unspecified atom stereocenters. The molecule has 2 N–H and O–H groups in total. The van der Waals surface area contributed by atoms with Gasteiger partial charge in [-0.15, -0.1) is 0 Å². The summed E-state index contributed by atoms with van der Waals surface area (Å²) in [7, 11) is 1.91. The number of rotatable bonds is 6. The van der Waals surface area contributed by atoms with E-state index in [4.69, 9.17) is 0 Å². The Hall–Kier alpha value is -1.32. The predicted molar refractivity (Wildman–Crippen MR) is 82.9 cm³/mol. The van der Waals surface area contributed by atoms with Gasteiger partial charge in [0.15, 0.2) is 0 Å². The third-order valence-electron chi connectivity index (χ3n) is 3.48. The zero-order valence-electron chi connectivity index (χ0n) is 13.3. The quantitative estimate of drug-likeness (QED) is 0.820. The fourth-order valence-corrected chi connectivity index (χ4v) is 2.09. The van der Waals surface area contributed by atoms with Gasteiger partial charge in [0.2, 0.25) is 0 Å². The molecule has 0 amide bonds. The molecule has 0 saturated carbocycles. The SMILES string of the molecule is CCC(Nc1nc(C(C)C)nc(NC)c1C)C(C)C. The molecule has 1 atom stereocenters. The van der Waals surface area contributed by atoms with Crippen LogP contribution in [0.5, 0.6) is 0 Å². The van der Waals surface area contributed by atoms with Gasteiger partial charge in [-0.3, -0.25) is 0 Å². The minimum Gasteiger partial charge on any atom is -0.373 e. The zero-order valence-corrected chi connectivity index (χ0v) is 13.3. The second-order valence-corrected chi connectivity index (χ2v) is 5.71. The van der Waals surface area contributed by atoms with Crippen LogP contribution in [0.15, 0.2) is 0 Å². The molecule has 1 aromatic heterocycles. The molecule has 0 spiro atoms. The van der Waals surface area contributed by atoms with Gasteiger partial charge in [0, 0.05) is 24.6 Å². The molecule has 4 nitrogen and oxygen atoms in total. The van der Waals surface area contributed by atoms with Crippen LogP contribution in [-0.4, -0.2) is 23.1 Å². The molecule has 0 aliphatic rings. The standard InChI is InChI=1S/C15H28N4/c1-8-12(9(2)3)17-15-11(6)14(16-7)18-13(19-15)10(4)5/h9-10,12H,8H2,1-7H3,(H2,16,17,18,19). The van der Waals surface area contributed by atoms with E-state index in [1.54, 1.807) is 0 Å². The molecule has 19 heavy (non-hydrogen) atoms. The van der Waals surface area contributed by atoms with Crippen molar-refractivity contribution in [1.82, 2.24) is 9.97 Å². The summed E-state index contributed by atoms with van der Waals surface area (Å²) in [5.74, 6) is 3.67. The minimum absolute atomic E-state index is 0.326. The summed E-state index contributed by atoms with van der Waals surface area (Å²) in [4.78, 5) is 9.26. The van der Waals surface area contributed by atoms with Crippen molar-refractivity contribution in [2.45, 2.75) is 59.9 Å². The van der Waals surface area contributed by atoms with Crippen LogP contribution in [0, 0.1) is 12.8 Å². The Morgan fingerprint density at radius 2 is 1.63 bits per heavy atom. The van der Waals surface area contributed by atoms with Gasteiger partial charge in [-0.1, -0.05) is 34.6 Å². The molecule has 108 valence electrons. The fraction of sp³-hybridized carbons (Fsp3) is 0.733. The first-order valence-corrected chi connectivity index (χ1v) is 7.23. The maximum absolute atomic E-state index is 4.69. The molecule has 0 saturated heterocycles. The van der Waals surface area contributed by atoms with Gasteiger partial charge < -0.3 is 10.6 Å². The highest BCUT2D eigenvalue weighted by atomic mass is 15.1. The lowest BCUT2D eigenvalue weighted by molar-refractivity contribution is 0.509. The lowest BCUT2D eigenvalue weighted by atomic mass is 10.0. The van der Waals surface area contributed by atoms with Crippen molar-refractivity contribution in [3.8, 4) is 0 Å². The Bertz CT molecular complexity index is 413. The van der Waals surface area contributed by atoms with Crippen molar-refractivity contribution in [3.05, 3.63) is 11.4 Å². The van der Waals surface area contributed by atoms with Crippen LogP contribution in [0.4, 0.5) is 11.6 Å². The maximum atomic E-state index is 4.69. The monoisotopic (exact) mass is 264 g/mol. The summed E-state index contributed by atoms with van der Waals surface area (Å²) in [6.07, 6.45) is 1.09. The van der Waals surface area contributed by atoms with Crippen LogP contribution >= 0.6 is 0 Å². The molecular weight excluding hydrogens is 236 g/mol. The van der Waals surface area contributed by atoms with Crippen LogP contribution in [0.2, 0.25) is 0 Å². The highest BCUT2D eigenvalue weighted by Gasteiger charge is 2.16. The molecule has 0 fully saturated rings. The van der Waals surface area contributed by atoms with E-state index in [0.29, 0.717) is 17.9 Å². The molecule has 0 aliphatic carbocycles. The van der Waals surface area contributed by atoms with E-state index in [1.807, 2.05) is 7.05 Å². The third-order valence-corrected chi connectivity index (χ3v) is 3.48. The number of hydrogen-bond donors (Lipinski definition) is 2. The summed E-state index contributed by atoms with van der Waals surface area (Å²) >= 11 is 0. The normalized spacial score (nSPS) is 12.9. The van der Waals surface area contributed by atoms with Crippen molar-refractivity contribution < 1.29 is 0 Å². The van der Waals surface area contributed by atoms with Gasteiger partial charge >= 0.3 is 0 Å². The maximum Gasteiger partial charge on any atom is 0.135 e. The van der Waals surface area contributed by atoms with Crippen LogP contribution < -0.4 is 10.6 Å². The first kappa shape index (κ1) is 15.7. The van der Waals surface area contributed by atoms with E-state index in [2.05, 4.69) is 62.1 Å². The molecule has 1 heterocycles. The lowest BCUT2D eigenvalue weighted by Gasteiger charge is -2.23. The molecule has 0 aromatic carbocycles. The molecule has 0 radical (unpaired) electrons. The molecule has 1 rings (SSSR count). The lowest BCUT2D eigenvalue weighted by Crippen LogP contribution is -2.26. The van der Waals surface area contributed by atoms with E-state index in [9.17, 15) is 0 Å². The Balaban J connectivity index is 3.14. The van der Waals surface area contributed by atoms with Crippen molar-refractivity contribution in [1.29, 1.82) is 0 Å². The summed E-state index contributed by atoms with van der Waals surface area (Å²) in [5, 5.41) is 6.74. The second-order valence-electron chi connectivity index (χ2n) is 5.71. The number of hydrogen-bond acceptors (Lipinski definition) is 4. The number of aromatic nitrogens is 2. The topological polar surface area (TPSA) is 49.8 Å². The molecule has 0 aliphatic heterocycles. The van der Waals surface area contributed by atoms with Crippen LogP contribution in [0.1, 0.15) is 58.3 Å². The van der Waals surface area contributed by atoms with Crippen molar-refractivity contribution >= 4 is 11.6 Å². The Morgan fingerprint density at radius 3 is 2.05 bits per heavy atom. The van der Waals surface area contributed by atoms with E-state index < -0.39 is 0 Å². The van der Waals surface area contributed by atoms with Gasteiger partial charge in [-0.25, -0.2) is 9.97 Å². The highest BCUT2D eigenvalue weighted by Crippen LogP contribution is 2.24. The molecule has 1 aromatic rings. The Morgan fingerprint density at radius 1 is 1.05 bits per heavy atom. The summed E-state index contributed by atoms with van der Waals surface area (Å²) in [6.45, 7) is 13.0. The number of nitrogens with one attached hydrogen (secondary N) is 2. The number of nitrogens with zero attached hydrogens (tertiary/aromatic N) is 2. The van der Waals surface area contributed by atoms with Crippen molar-refractivity contribution in [3.63, 3.8) is 0 Å². The van der Waals surface area contributed by atoms with Gasteiger partial charge in [-0.05, 0) is 19.3 Å². The first-order valence-electron chi connectivity index (χ1n) is 7.23. The predicted octanol–water partition coefficient (Wildman–Crippen LogP) is 3.80. The number of anilines is 2. The van der Waals surface area contributed by atoms with E-state index >= 15 is 0 Å².